The summed E-state index contributed by atoms with van der Waals surface area (Å²) in [7, 11) is 2.95. The monoisotopic (exact) mass is 405 g/mol. The summed E-state index contributed by atoms with van der Waals surface area (Å²) >= 11 is 0. The first-order chi connectivity index (χ1) is 14.0. The SMILES string of the molecule is CCOCCCN(CC(=O)Nc1cc(C)on1)C(=O)c1c(OC)cccc1OC. The van der Waals surface area contributed by atoms with Gasteiger partial charge in [-0.3, -0.25) is 9.59 Å². The molecule has 0 aliphatic carbocycles. The number of carbonyl (C=O) groups excluding carboxylic acids is 2. The summed E-state index contributed by atoms with van der Waals surface area (Å²) in [5, 5.41) is 6.36. The van der Waals surface area contributed by atoms with Crippen LogP contribution < -0.4 is 14.8 Å². The Hall–Kier alpha value is -3.07. The second kappa shape index (κ2) is 11.1. The number of amides is 2. The van der Waals surface area contributed by atoms with Gasteiger partial charge in [0.1, 0.15) is 29.4 Å². The maximum absolute atomic E-state index is 13.3. The summed E-state index contributed by atoms with van der Waals surface area (Å²) in [6, 6.07) is 6.68. The van der Waals surface area contributed by atoms with E-state index in [1.807, 2.05) is 6.92 Å². The van der Waals surface area contributed by atoms with Gasteiger partial charge in [-0.05, 0) is 32.4 Å². The van der Waals surface area contributed by atoms with E-state index in [0.717, 1.165) is 0 Å². The Morgan fingerprint density at radius 2 is 1.90 bits per heavy atom. The Kier molecular flexibility index (Phi) is 8.47. The fourth-order valence-corrected chi connectivity index (χ4v) is 2.76. The third-order valence-electron chi connectivity index (χ3n) is 4.08. The maximum Gasteiger partial charge on any atom is 0.261 e. The molecule has 1 N–H and O–H groups in total. The largest absolute Gasteiger partial charge is 0.496 e. The number of hydrogen-bond donors (Lipinski definition) is 1. The maximum atomic E-state index is 13.3. The number of ether oxygens (including phenoxy) is 3. The minimum Gasteiger partial charge on any atom is -0.496 e. The molecular weight excluding hydrogens is 378 g/mol. The molecule has 0 saturated carbocycles. The first kappa shape index (κ1) is 22.2. The fraction of sp³-hybridized carbons (Fsp3) is 0.450. The lowest BCUT2D eigenvalue weighted by molar-refractivity contribution is -0.117. The summed E-state index contributed by atoms with van der Waals surface area (Å²) in [5.74, 6) is 0.848. The molecule has 0 bridgehead atoms. The normalized spacial score (nSPS) is 10.5. The number of carbonyl (C=O) groups is 2. The number of benzene rings is 1. The van der Waals surface area contributed by atoms with E-state index >= 15 is 0 Å². The van der Waals surface area contributed by atoms with E-state index in [1.54, 1.807) is 31.2 Å². The molecule has 1 aromatic carbocycles. The van der Waals surface area contributed by atoms with Crippen molar-refractivity contribution in [3.05, 3.63) is 35.6 Å². The lowest BCUT2D eigenvalue weighted by atomic mass is 10.1. The van der Waals surface area contributed by atoms with Crippen LogP contribution in [-0.4, -0.2) is 62.4 Å². The van der Waals surface area contributed by atoms with Crippen molar-refractivity contribution in [3.8, 4) is 11.5 Å². The molecule has 0 unspecified atom stereocenters. The summed E-state index contributed by atoms with van der Waals surface area (Å²) in [4.78, 5) is 27.2. The highest BCUT2D eigenvalue weighted by Gasteiger charge is 2.25. The Balaban J connectivity index is 2.20. The molecule has 0 aliphatic rings. The van der Waals surface area contributed by atoms with Gasteiger partial charge in [-0.1, -0.05) is 11.2 Å². The number of hydrogen-bond acceptors (Lipinski definition) is 7. The van der Waals surface area contributed by atoms with Crippen molar-refractivity contribution in [2.45, 2.75) is 20.3 Å². The number of aromatic nitrogens is 1. The van der Waals surface area contributed by atoms with Crippen LogP contribution in [0.5, 0.6) is 11.5 Å². The van der Waals surface area contributed by atoms with E-state index in [0.29, 0.717) is 49.3 Å². The van der Waals surface area contributed by atoms with Crippen molar-refractivity contribution in [2.75, 3.05) is 45.8 Å². The van der Waals surface area contributed by atoms with Gasteiger partial charge >= 0.3 is 0 Å². The molecule has 158 valence electrons. The van der Waals surface area contributed by atoms with Crippen LogP contribution in [0.1, 0.15) is 29.5 Å². The van der Waals surface area contributed by atoms with Gasteiger partial charge in [-0.25, -0.2) is 0 Å². The molecule has 1 aromatic heterocycles. The Morgan fingerprint density at radius 1 is 1.21 bits per heavy atom. The topological polar surface area (TPSA) is 103 Å². The smallest absolute Gasteiger partial charge is 0.261 e. The number of anilines is 1. The first-order valence-corrected chi connectivity index (χ1v) is 9.31. The fourth-order valence-electron chi connectivity index (χ4n) is 2.76. The van der Waals surface area contributed by atoms with Crippen molar-refractivity contribution < 1.29 is 28.3 Å². The van der Waals surface area contributed by atoms with Crippen LogP contribution in [0.4, 0.5) is 5.82 Å². The van der Waals surface area contributed by atoms with Gasteiger partial charge in [-0.15, -0.1) is 0 Å². The number of aryl methyl sites for hydroxylation is 1. The van der Waals surface area contributed by atoms with E-state index < -0.39 is 5.91 Å². The number of methoxy groups -OCH3 is 2. The number of nitrogens with zero attached hydrogens (tertiary/aromatic N) is 2. The zero-order valence-electron chi connectivity index (χ0n) is 17.2. The average molecular weight is 405 g/mol. The molecule has 0 radical (unpaired) electrons. The van der Waals surface area contributed by atoms with Crippen LogP contribution in [0.25, 0.3) is 0 Å². The molecule has 0 atom stereocenters. The lowest BCUT2D eigenvalue weighted by Crippen LogP contribution is -2.39. The second-order valence-corrected chi connectivity index (χ2v) is 6.19. The summed E-state index contributed by atoms with van der Waals surface area (Å²) in [6.45, 7) is 4.84. The third kappa shape index (κ3) is 6.21. The van der Waals surface area contributed by atoms with E-state index in [9.17, 15) is 9.59 Å². The molecule has 0 fully saturated rings. The van der Waals surface area contributed by atoms with E-state index in [2.05, 4.69) is 10.5 Å². The number of nitrogens with one attached hydrogen (secondary N) is 1. The van der Waals surface area contributed by atoms with Gasteiger partial charge in [-0.2, -0.15) is 0 Å². The van der Waals surface area contributed by atoms with Gasteiger partial charge in [0.25, 0.3) is 5.91 Å². The molecular formula is C20H27N3O6. The van der Waals surface area contributed by atoms with Crippen molar-refractivity contribution in [1.82, 2.24) is 10.1 Å². The number of rotatable bonds is 11. The van der Waals surface area contributed by atoms with Crippen molar-refractivity contribution in [3.63, 3.8) is 0 Å². The highest BCUT2D eigenvalue weighted by atomic mass is 16.5. The molecule has 29 heavy (non-hydrogen) atoms. The molecule has 2 amide bonds. The van der Waals surface area contributed by atoms with Crippen molar-refractivity contribution in [2.24, 2.45) is 0 Å². The van der Waals surface area contributed by atoms with Crippen LogP contribution in [-0.2, 0) is 9.53 Å². The quantitative estimate of drug-likeness (QED) is 0.573. The molecule has 9 nitrogen and oxygen atoms in total. The molecule has 0 aliphatic heterocycles. The minimum absolute atomic E-state index is 0.169. The van der Waals surface area contributed by atoms with E-state index in [4.69, 9.17) is 18.7 Å². The second-order valence-electron chi connectivity index (χ2n) is 6.19. The molecule has 2 aromatic rings. The predicted octanol–water partition coefficient (Wildman–Crippen LogP) is 2.51. The van der Waals surface area contributed by atoms with Crippen molar-refractivity contribution >= 4 is 17.6 Å². The predicted molar refractivity (Wildman–Crippen MR) is 106 cm³/mol. The molecule has 0 spiro atoms. The lowest BCUT2D eigenvalue weighted by Gasteiger charge is -2.24. The third-order valence-corrected chi connectivity index (χ3v) is 4.08. The van der Waals surface area contributed by atoms with Crippen LogP contribution in [0.2, 0.25) is 0 Å². The minimum atomic E-state index is -0.392. The van der Waals surface area contributed by atoms with Crippen LogP contribution in [0.3, 0.4) is 0 Å². The molecule has 2 rings (SSSR count). The van der Waals surface area contributed by atoms with Gasteiger partial charge in [0.15, 0.2) is 5.82 Å². The van der Waals surface area contributed by atoms with Crippen LogP contribution in [0, 0.1) is 6.92 Å². The van der Waals surface area contributed by atoms with Crippen LogP contribution in [0.15, 0.2) is 28.8 Å². The Morgan fingerprint density at radius 3 is 2.45 bits per heavy atom. The standard InChI is InChI=1S/C20H27N3O6/c1-5-28-11-7-10-23(13-18(24)21-17-12-14(2)29-22-17)20(25)19-15(26-3)8-6-9-16(19)27-4/h6,8-9,12H,5,7,10-11,13H2,1-4H3,(H,21,22,24). The molecule has 0 saturated heterocycles. The zero-order valence-corrected chi connectivity index (χ0v) is 17.2. The summed E-state index contributed by atoms with van der Waals surface area (Å²) < 4.78 is 21.0. The highest BCUT2D eigenvalue weighted by Crippen LogP contribution is 2.29. The van der Waals surface area contributed by atoms with Crippen LogP contribution >= 0.6 is 0 Å². The van der Waals surface area contributed by atoms with Gasteiger partial charge in [0.2, 0.25) is 5.91 Å². The first-order valence-electron chi connectivity index (χ1n) is 9.31. The zero-order chi connectivity index (χ0) is 21.2. The van der Waals surface area contributed by atoms with Gasteiger partial charge in [0.05, 0.1) is 14.2 Å². The Bertz CT molecular complexity index is 798. The van der Waals surface area contributed by atoms with E-state index in [-0.39, 0.29) is 18.0 Å². The Labute approximate surface area is 169 Å². The van der Waals surface area contributed by atoms with Gasteiger partial charge in [0, 0.05) is 25.8 Å². The van der Waals surface area contributed by atoms with E-state index in [1.165, 1.54) is 19.1 Å². The molecule has 1 heterocycles. The average Bonchev–Trinajstić information content (AvgIpc) is 3.13. The van der Waals surface area contributed by atoms with Crippen molar-refractivity contribution in [1.29, 1.82) is 0 Å². The molecule has 9 heteroatoms. The summed E-state index contributed by atoms with van der Waals surface area (Å²) in [5.41, 5.74) is 0.263. The summed E-state index contributed by atoms with van der Waals surface area (Å²) in [6.07, 6.45) is 0.577. The van der Waals surface area contributed by atoms with Gasteiger partial charge < -0.3 is 29.0 Å². The highest BCUT2D eigenvalue weighted by molar-refractivity contribution is 6.02.